The van der Waals surface area contributed by atoms with Crippen LogP contribution in [-0.4, -0.2) is 55.7 Å². The number of nitrogens with one attached hydrogen (secondary N) is 2. The number of rotatable bonds is 7. The molecule has 1 saturated carbocycles. The number of ether oxygens (including phenoxy) is 1. The summed E-state index contributed by atoms with van der Waals surface area (Å²) in [6.07, 6.45) is 4.80. The predicted molar refractivity (Wildman–Crippen MR) is 114 cm³/mol. The number of likely N-dealkylation sites (N-methyl/N-ethyl adjacent to an activating group) is 1. The van der Waals surface area contributed by atoms with Gasteiger partial charge >= 0.3 is 0 Å². The Bertz CT molecular complexity index is 586. The predicted octanol–water partition coefficient (Wildman–Crippen LogP) is 2.14. The highest BCUT2D eigenvalue weighted by Crippen LogP contribution is 2.18. The van der Waals surface area contributed by atoms with Gasteiger partial charge in [0.25, 0.3) is 0 Å². The molecule has 0 aromatic heterocycles. The van der Waals surface area contributed by atoms with Crippen LogP contribution in [0.3, 0.4) is 0 Å². The molecule has 1 amide bonds. The first-order chi connectivity index (χ1) is 12.2. The number of aliphatic imine (C=N–C) groups is 1. The summed E-state index contributed by atoms with van der Waals surface area (Å²) in [7, 11) is 1.82. The molecule has 1 aliphatic heterocycles. The third kappa shape index (κ3) is 7.11. The molecule has 26 heavy (non-hydrogen) atoms. The van der Waals surface area contributed by atoms with Crippen LogP contribution in [0.2, 0.25) is 0 Å². The SMILES string of the molecule is CN(Cc1ccccc1)C(=O)CN=C(NCC1CCCO1)NC1CC1.I. The fourth-order valence-electron chi connectivity index (χ4n) is 2.80. The van der Waals surface area contributed by atoms with Crippen molar-refractivity contribution >= 4 is 35.8 Å². The van der Waals surface area contributed by atoms with Gasteiger partial charge in [0.1, 0.15) is 6.54 Å². The largest absolute Gasteiger partial charge is 0.376 e. The molecule has 144 valence electrons. The van der Waals surface area contributed by atoms with Crippen LogP contribution in [0.15, 0.2) is 35.3 Å². The monoisotopic (exact) mass is 472 g/mol. The lowest BCUT2D eigenvalue weighted by molar-refractivity contribution is -0.128. The quantitative estimate of drug-likeness (QED) is 0.363. The number of amides is 1. The standard InChI is InChI=1S/C19H28N4O2.HI/c1-23(14-15-6-3-2-4-7-15)18(24)13-21-19(22-16-9-10-16)20-12-17-8-5-11-25-17;/h2-4,6-7,16-17H,5,8-14H2,1H3,(H2,20,21,22);1H. The van der Waals surface area contributed by atoms with Crippen molar-refractivity contribution in [1.82, 2.24) is 15.5 Å². The molecular formula is C19H29IN4O2. The van der Waals surface area contributed by atoms with Crippen molar-refractivity contribution in [3.63, 3.8) is 0 Å². The van der Waals surface area contributed by atoms with Gasteiger partial charge in [0.15, 0.2) is 5.96 Å². The minimum absolute atomic E-state index is 0. The number of nitrogens with zero attached hydrogens (tertiary/aromatic N) is 2. The summed E-state index contributed by atoms with van der Waals surface area (Å²) in [4.78, 5) is 18.5. The molecule has 1 atom stereocenters. The summed E-state index contributed by atoms with van der Waals surface area (Å²) in [5, 5.41) is 6.69. The second kappa shape index (κ2) is 10.7. The van der Waals surface area contributed by atoms with Crippen LogP contribution in [0.25, 0.3) is 0 Å². The van der Waals surface area contributed by atoms with Gasteiger partial charge in [0.2, 0.25) is 5.91 Å². The van der Waals surface area contributed by atoms with E-state index in [1.165, 1.54) is 12.8 Å². The van der Waals surface area contributed by atoms with Gasteiger partial charge in [-0.05, 0) is 31.2 Å². The van der Waals surface area contributed by atoms with Crippen LogP contribution in [0.1, 0.15) is 31.2 Å². The van der Waals surface area contributed by atoms with Gasteiger partial charge in [0, 0.05) is 32.8 Å². The van der Waals surface area contributed by atoms with Crippen LogP contribution >= 0.6 is 24.0 Å². The molecule has 2 aliphatic rings. The fraction of sp³-hybridized carbons (Fsp3) is 0.579. The minimum atomic E-state index is 0. The van der Waals surface area contributed by atoms with Gasteiger partial charge in [-0.1, -0.05) is 30.3 Å². The maximum Gasteiger partial charge on any atom is 0.244 e. The van der Waals surface area contributed by atoms with Gasteiger partial charge in [-0.3, -0.25) is 4.79 Å². The second-order valence-corrected chi connectivity index (χ2v) is 6.83. The maximum absolute atomic E-state index is 12.4. The zero-order chi connectivity index (χ0) is 17.5. The Labute approximate surface area is 172 Å². The number of benzene rings is 1. The molecule has 0 radical (unpaired) electrons. The first-order valence-corrected chi connectivity index (χ1v) is 9.15. The number of hydrogen-bond donors (Lipinski definition) is 2. The molecule has 1 saturated heterocycles. The van der Waals surface area contributed by atoms with E-state index in [-0.39, 0.29) is 42.5 Å². The van der Waals surface area contributed by atoms with Gasteiger partial charge < -0.3 is 20.3 Å². The normalized spacial score (nSPS) is 19.6. The molecule has 1 unspecified atom stereocenters. The first-order valence-electron chi connectivity index (χ1n) is 9.15. The molecule has 2 N–H and O–H groups in total. The zero-order valence-corrected chi connectivity index (χ0v) is 17.6. The van der Waals surface area contributed by atoms with Crippen molar-refractivity contribution in [2.24, 2.45) is 4.99 Å². The van der Waals surface area contributed by atoms with Crippen LogP contribution in [0.4, 0.5) is 0 Å². The Morgan fingerprint density at radius 1 is 1.27 bits per heavy atom. The van der Waals surface area contributed by atoms with Crippen molar-refractivity contribution in [2.45, 2.75) is 44.4 Å². The molecule has 1 aromatic carbocycles. The van der Waals surface area contributed by atoms with E-state index in [1.54, 1.807) is 4.90 Å². The molecule has 0 spiro atoms. The highest BCUT2D eigenvalue weighted by Gasteiger charge is 2.23. The molecule has 1 heterocycles. The number of guanidine groups is 1. The van der Waals surface area contributed by atoms with E-state index >= 15 is 0 Å². The van der Waals surface area contributed by atoms with Crippen LogP contribution in [0, 0.1) is 0 Å². The van der Waals surface area contributed by atoms with E-state index in [9.17, 15) is 4.79 Å². The summed E-state index contributed by atoms with van der Waals surface area (Å²) in [6, 6.07) is 10.5. The molecule has 7 heteroatoms. The Morgan fingerprint density at radius 2 is 2.04 bits per heavy atom. The molecule has 0 bridgehead atoms. The third-order valence-electron chi connectivity index (χ3n) is 4.50. The fourth-order valence-corrected chi connectivity index (χ4v) is 2.80. The lowest BCUT2D eigenvalue weighted by Gasteiger charge is -2.18. The van der Waals surface area contributed by atoms with Crippen molar-refractivity contribution in [1.29, 1.82) is 0 Å². The van der Waals surface area contributed by atoms with Gasteiger partial charge in [-0.15, -0.1) is 24.0 Å². The second-order valence-electron chi connectivity index (χ2n) is 6.83. The minimum Gasteiger partial charge on any atom is -0.376 e. The molecule has 2 fully saturated rings. The van der Waals surface area contributed by atoms with E-state index < -0.39 is 0 Å². The van der Waals surface area contributed by atoms with Crippen molar-refractivity contribution in [3.8, 4) is 0 Å². The van der Waals surface area contributed by atoms with Crippen LogP contribution in [-0.2, 0) is 16.1 Å². The average molecular weight is 472 g/mol. The molecule has 3 rings (SSSR count). The Kier molecular flexibility index (Phi) is 8.64. The highest BCUT2D eigenvalue weighted by atomic mass is 127. The number of carbonyl (C=O) groups excluding carboxylic acids is 1. The van der Waals surface area contributed by atoms with Crippen LogP contribution < -0.4 is 10.6 Å². The Hall–Kier alpha value is -1.35. The smallest absolute Gasteiger partial charge is 0.244 e. The van der Waals surface area contributed by atoms with Gasteiger partial charge in [0.05, 0.1) is 6.10 Å². The third-order valence-corrected chi connectivity index (χ3v) is 4.50. The van der Waals surface area contributed by atoms with Gasteiger partial charge in [-0.2, -0.15) is 0 Å². The van der Waals surface area contributed by atoms with Gasteiger partial charge in [-0.25, -0.2) is 4.99 Å². The van der Waals surface area contributed by atoms with E-state index in [4.69, 9.17) is 4.74 Å². The van der Waals surface area contributed by atoms with E-state index in [0.29, 0.717) is 12.6 Å². The highest BCUT2D eigenvalue weighted by molar-refractivity contribution is 14.0. The molecular weight excluding hydrogens is 443 g/mol. The summed E-state index contributed by atoms with van der Waals surface area (Å²) >= 11 is 0. The molecule has 6 nitrogen and oxygen atoms in total. The summed E-state index contributed by atoms with van der Waals surface area (Å²) in [5.74, 6) is 0.734. The Balaban J connectivity index is 0.00000243. The number of hydrogen-bond acceptors (Lipinski definition) is 3. The zero-order valence-electron chi connectivity index (χ0n) is 15.3. The lowest BCUT2D eigenvalue weighted by Crippen LogP contribution is -2.42. The summed E-state index contributed by atoms with van der Waals surface area (Å²) in [5.41, 5.74) is 1.12. The molecule has 1 aromatic rings. The van der Waals surface area contributed by atoms with Crippen molar-refractivity contribution in [3.05, 3.63) is 35.9 Å². The summed E-state index contributed by atoms with van der Waals surface area (Å²) < 4.78 is 5.63. The van der Waals surface area contributed by atoms with Crippen molar-refractivity contribution < 1.29 is 9.53 Å². The average Bonchev–Trinajstić information content (AvgIpc) is 3.29. The van der Waals surface area contributed by atoms with E-state index in [0.717, 1.165) is 37.5 Å². The first kappa shape index (κ1) is 21.0. The maximum atomic E-state index is 12.4. The number of halogens is 1. The number of carbonyl (C=O) groups is 1. The topological polar surface area (TPSA) is 66.0 Å². The molecule has 1 aliphatic carbocycles. The Morgan fingerprint density at radius 3 is 2.69 bits per heavy atom. The summed E-state index contributed by atoms with van der Waals surface area (Å²) in [6.45, 7) is 2.34. The van der Waals surface area contributed by atoms with Crippen molar-refractivity contribution in [2.75, 3.05) is 26.7 Å². The van der Waals surface area contributed by atoms with Crippen LogP contribution in [0.5, 0.6) is 0 Å². The van der Waals surface area contributed by atoms with E-state index in [1.807, 2.05) is 37.4 Å². The van der Waals surface area contributed by atoms with E-state index in [2.05, 4.69) is 15.6 Å². The lowest BCUT2D eigenvalue weighted by atomic mass is 10.2.